The molecule has 2 heterocycles. The summed E-state index contributed by atoms with van der Waals surface area (Å²) >= 11 is 6.05. The number of carbonyl (C=O) groups is 1. The number of nitrogens with one attached hydrogen (secondary N) is 1. The predicted octanol–water partition coefficient (Wildman–Crippen LogP) is 1.75. The van der Waals surface area contributed by atoms with Gasteiger partial charge in [-0.05, 0) is 43.6 Å². The van der Waals surface area contributed by atoms with Crippen LogP contribution in [-0.2, 0) is 16.1 Å². The Kier molecular flexibility index (Phi) is 5.76. The fourth-order valence-corrected chi connectivity index (χ4v) is 3.84. The van der Waals surface area contributed by atoms with Gasteiger partial charge in [-0.3, -0.25) is 9.69 Å². The van der Waals surface area contributed by atoms with Gasteiger partial charge in [0.05, 0.1) is 0 Å². The van der Waals surface area contributed by atoms with Crippen LogP contribution in [0.1, 0.15) is 18.4 Å². The molecule has 0 spiro atoms. The van der Waals surface area contributed by atoms with Gasteiger partial charge in [0.2, 0.25) is 0 Å². The molecular formula is C18H26ClN3O2. The van der Waals surface area contributed by atoms with E-state index in [9.17, 15) is 4.79 Å². The van der Waals surface area contributed by atoms with Crippen LogP contribution in [-0.4, -0.2) is 67.7 Å². The summed E-state index contributed by atoms with van der Waals surface area (Å²) < 4.78 is 5.67. The second kappa shape index (κ2) is 7.83. The van der Waals surface area contributed by atoms with Gasteiger partial charge in [-0.2, -0.15) is 0 Å². The summed E-state index contributed by atoms with van der Waals surface area (Å²) in [5, 5.41) is 4.07. The number of carbonyl (C=O) groups excluding carboxylic acids is 1. The molecule has 2 saturated heterocycles. The lowest BCUT2D eigenvalue weighted by molar-refractivity contribution is -0.160. The lowest BCUT2D eigenvalue weighted by Crippen LogP contribution is -2.59. The standard InChI is InChI=1S/C18H26ClN3O2/c1-24-18(5-7-20-8-6-18)17(23)22-11-9-21(10-12-22)14-15-3-2-4-16(19)13-15/h2-4,13,20H,5-12,14H2,1H3. The first-order chi connectivity index (χ1) is 11.6. The Balaban J connectivity index is 1.55. The maximum atomic E-state index is 13.0. The zero-order valence-corrected chi connectivity index (χ0v) is 15.0. The van der Waals surface area contributed by atoms with Gasteiger partial charge < -0.3 is 15.0 Å². The molecule has 0 bridgehead atoms. The number of piperidine rings is 1. The van der Waals surface area contributed by atoms with E-state index in [4.69, 9.17) is 16.3 Å². The monoisotopic (exact) mass is 351 g/mol. The maximum absolute atomic E-state index is 13.0. The number of nitrogens with zero attached hydrogens (tertiary/aromatic N) is 2. The summed E-state index contributed by atoms with van der Waals surface area (Å²) in [5.74, 6) is 0.161. The number of amides is 1. The third-order valence-corrected chi connectivity index (χ3v) is 5.38. The van der Waals surface area contributed by atoms with E-state index in [1.165, 1.54) is 5.56 Å². The Morgan fingerprint density at radius 2 is 1.96 bits per heavy atom. The molecule has 0 aliphatic carbocycles. The molecule has 2 aliphatic rings. The number of benzene rings is 1. The van der Waals surface area contributed by atoms with Crippen molar-refractivity contribution in [3.63, 3.8) is 0 Å². The highest BCUT2D eigenvalue weighted by molar-refractivity contribution is 6.30. The van der Waals surface area contributed by atoms with Crippen LogP contribution in [0, 0.1) is 0 Å². The topological polar surface area (TPSA) is 44.8 Å². The molecule has 6 heteroatoms. The molecule has 0 saturated carbocycles. The Morgan fingerprint density at radius 3 is 2.58 bits per heavy atom. The minimum absolute atomic E-state index is 0.161. The first-order valence-corrected chi connectivity index (χ1v) is 9.03. The van der Waals surface area contributed by atoms with Crippen molar-refractivity contribution in [1.82, 2.24) is 15.1 Å². The average molecular weight is 352 g/mol. The molecule has 132 valence electrons. The van der Waals surface area contributed by atoms with E-state index in [0.29, 0.717) is 0 Å². The zero-order chi connectivity index (χ0) is 17.0. The van der Waals surface area contributed by atoms with Crippen LogP contribution in [0.2, 0.25) is 5.02 Å². The van der Waals surface area contributed by atoms with Gasteiger partial charge in [0.1, 0.15) is 5.60 Å². The summed E-state index contributed by atoms with van der Waals surface area (Å²) in [5.41, 5.74) is 0.592. The second-order valence-corrected chi connectivity index (χ2v) is 7.08. The summed E-state index contributed by atoms with van der Waals surface area (Å²) in [6.45, 7) is 5.85. The molecule has 0 radical (unpaired) electrons. The van der Waals surface area contributed by atoms with E-state index in [1.54, 1.807) is 7.11 Å². The third kappa shape index (κ3) is 3.91. The molecule has 0 atom stereocenters. The SMILES string of the molecule is COC1(C(=O)N2CCN(Cc3cccc(Cl)c3)CC2)CCNCC1. The summed E-state index contributed by atoms with van der Waals surface area (Å²) in [6.07, 6.45) is 1.51. The highest BCUT2D eigenvalue weighted by Gasteiger charge is 2.42. The first-order valence-electron chi connectivity index (χ1n) is 8.65. The van der Waals surface area contributed by atoms with Crippen LogP contribution in [0.4, 0.5) is 0 Å². The summed E-state index contributed by atoms with van der Waals surface area (Å²) in [7, 11) is 1.67. The molecule has 2 aliphatic heterocycles. The lowest BCUT2D eigenvalue weighted by atomic mass is 9.90. The lowest BCUT2D eigenvalue weighted by Gasteiger charge is -2.42. The predicted molar refractivity (Wildman–Crippen MR) is 95.2 cm³/mol. The molecule has 1 N–H and O–H groups in total. The summed E-state index contributed by atoms with van der Waals surface area (Å²) in [4.78, 5) is 17.3. The number of hydrogen-bond donors (Lipinski definition) is 1. The second-order valence-electron chi connectivity index (χ2n) is 6.65. The van der Waals surface area contributed by atoms with Crippen molar-refractivity contribution in [2.45, 2.75) is 25.0 Å². The number of ether oxygens (including phenoxy) is 1. The van der Waals surface area contributed by atoms with Crippen molar-refractivity contribution in [2.24, 2.45) is 0 Å². The molecule has 1 amide bonds. The van der Waals surface area contributed by atoms with Gasteiger partial charge in [0.15, 0.2) is 0 Å². The Hall–Kier alpha value is -1.14. The highest BCUT2D eigenvalue weighted by Crippen LogP contribution is 2.26. The van der Waals surface area contributed by atoms with E-state index in [2.05, 4.69) is 16.3 Å². The van der Waals surface area contributed by atoms with Gasteiger partial charge >= 0.3 is 0 Å². The number of hydrogen-bond acceptors (Lipinski definition) is 4. The first kappa shape index (κ1) is 17.7. The number of piperazine rings is 1. The molecule has 1 aromatic rings. The van der Waals surface area contributed by atoms with Crippen molar-refractivity contribution >= 4 is 17.5 Å². The van der Waals surface area contributed by atoms with E-state index >= 15 is 0 Å². The largest absolute Gasteiger partial charge is 0.368 e. The van der Waals surface area contributed by atoms with Crippen molar-refractivity contribution in [2.75, 3.05) is 46.4 Å². The van der Waals surface area contributed by atoms with Gasteiger partial charge in [-0.15, -0.1) is 0 Å². The smallest absolute Gasteiger partial charge is 0.254 e. The van der Waals surface area contributed by atoms with Crippen molar-refractivity contribution in [3.8, 4) is 0 Å². The maximum Gasteiger partial charge on any atom is 0.254 e. The molecule has 0 aromatic heterocycles. The van der Waals surface area contributed by atoms with Crippen LogP contribution >= 0.6 is 11.6 Å². The van der Waals surface area contributed by atoms with E-state index in [1.807, 2.05) is 23.1 Å². The van der Waals surface area contributed by atoms with Gasteiger partial charge in [-0.25, -0.2) is 0 Å². The fraction of sp³-hybridized carbons (Fsp3) is 0.611. The van der Waals surface area contributed by atoms with Gasteiger partial charge in [0.25, 0.3) is 5.91 Å². The Morgan fingerprint density at radius 1 is 1.25 bits per heavy atom. The normalized spacial score (nSPS) is 21.7. The third-order valence-electron chi connectivity index (χ3n) is 5.15. The molecule has 1 aromatic carbocycles. The van der Waals surface area contributed by atoms with Crippen LogP contribution in [0.25, 0.3) is 0 Å². The number of halogens is 1. The molecule has 5 nitrogen and oxygen atoms in total. The molecule has 3 rings (SSSR count). The number of methoxy groups -OCH3 is 1. The highest BCUT2D eigenvalue weighted by atomic mass is 35.5. The fourth-order valence-electron chi connectivity index (χ4n) is 3.63. The van der Waals surface area contributed by atoms with E-state index < -0.39 is 5.60 Å². The van der Waals surface area contributed by atoms with E-state index in [0.717, 1.165) is 63.7 Å². The van der Waals surface area contributed by atoms with Crippen LogP contribution in [0.15, 0.2) is 24.3 Å². The molecule has 0 unspecified atom stereocenters. The van der Waals surface area contributed by atoms with Gasteiger partial charge in [0, 0.05) is 44.9 Å². The summed E-state index contributed by atoms with van der Waals surface area (Å²) in [6, 6.07) is 7.98. The van der Waals surface area contributed by atoms with Crippen LogP contribution < -0.4 is 5.32 Å². The zero-order valence-electron chi connectivity index (χ0n) is 14.3. The van der Waals surface area contributed by atoms with Gasteiger partial charge in [-0.1, -0.05) is 23.7 Å². The van der Waals surface area contributed by atoms with Crippen LogP contribution in [0.3, 0.4) is 0 Å². The minimum atomic E-state index is -0.625. The van der Waals surface area contributed by atoms with Crippen molar-refractivity contribution in [1.29, 1.82) is 0 Å². The van der Waals surface area contributed by atoms with Crippen molar-refractivity contribution < 1.29 is 9.53 Å². The van der Waals surface area contributed by atoms with E-state index in [-0.39, 0.29) is 5.91 Å². The molecule has 2 fully saturated rings. The average Bonchev–Trinajstić information content (AvgIpc) is 2.62. The quantitative estimate of drug-likeness (QED) is 0.897. The van der Waals surface area contributed by atoms with Crippen molar-refractivity contribution in [3.05, 3.63) is 34.9 Å². The minimum Gasteiger partial charge on any atom is -0.368 e. The molecular weight excluding hydrogens is 326 g/mol. The Labute approximate surface area is 148 Å². The molecule has 24 heavy (non-hydrogen) atoms. The Bertz CT molecular complexity index is 567. The number of rotatable bonds is 4. The van der Waals surface area contributed by atoms with Crippen LogP contribution in [0.5, 0.6) is 0 Å².